The maximum atomic E-state index is 12.6. The molecule has 0 aliphatic carbocycles. The van der Waals surface area contributed by atoms with E-state index in [2.05, 4.69) is 35.9 Å². The lowest BCUT2D eigenvalue weighted by Gasteiger charge is -2.11. The molecule has 9 nitrogen and oxygen atoms in total. The van der Waals surface area contributed by atoms with E-state index in [0.717, 1.165) is 15.2 Å². The fourth-order valence-electron chi connectivity index (χ4n) is 3.09. The van der Waals surface area contributed by atoms with E-state index in [-0.39, 0.29) is 29.1 Å². The summed E-state index contributed by atoms with van der Waals surface area (Å²) in [6.45, 7) is -0.214. The normalized spacial score (nSPS) is 11.1. The third-order valence-electron chi connectivity index (χ3n) is 4.73. The smallest absolute Gasteiger partial charge is 0.263 e. The first kappa shape index (κ1) is 23.5. The number of benzene rings is 3. The van der Waals surface area contributed by atoms with Crippen molar-refractivity contribution >= 4 is 54.1 Å². The Kier molecular flexibility index (Phi) is 6.94. The van der Waals surface area contributed by atoms with Crippen molar-refractivity contribution in [3.63, 3.8) is 0 Å². The van der Waals surface area contributed by atoms with E-state index in [1.807, 2.05) is 30.3 Å². The van der Waals surface area contributed by atoms with Crippen molar-refractivity contribution in [2.45, 2.75) is 4.90 Å². The van der Waals surface area contributed by atoms with Gasteiger partial charge in [-0.15, -0.1) is 0 Å². The molecular formula is C23H19BrN4O5S. The van der Waals surface area contributed by atoms with Gasteiger partial charge >= 0.3 is 0 Å². The number of amides is 1. The van der Waals surface area contributed by atoms with Crippen LogP contribution >= 0.6 is 15.9 Å². The zero-order valence-corrected chi connectivity index (χ0v) is 20.3. The lowest BCUT2D eigenvalue weighted by Crippen LogP contribution is -2.20. The molecule has 0 fully saturated rings. The maximum absolute atomic E-state index is 12.6. The number of methoxy groups -OCH3 is 1. The Balaban J connectivity index is 1.37. The van der Waals surface area contributed by atoms with Crippen LogP contribution in [0.25, 0.3) is 10.8 Å². The van der Waals surface area contributed by atoms with Gasteiger partial charge in [0.25, 0.3) is 15.9 Å². The zero-order valence-electron chi connectivity index (χ0n) is 17.9. The summed E-state index contributed by atoms with van der Waals surface area (Å²) < 4.78 is 38.9. The zero-order chi connectivity index (χ0) is 24.1. The Morgan fingerprint density at radius 3 is 2.56 bits per heavy atom. The molecule has 2 N–H and O–H groups in total. The quantitative estimate of drug-likeness (QED) is 0.342. The van der Waals surface area contributed by atoms with Crippen LogP contribution < -0.4 is 19.5 Å². The number of halogens is 1. The Hall–Kier alpha value is -3.70. The fourth-order valence-corrected chi connectivity index (χ4v) is 4.69. The number of hydrogen-bond donors (Lipinski definition) is 2. The Morgan fingerprint density at radius 2 is 1.79 bits per heavy atom. The highest BCUT2D eigenvalue weighted by Gasteiger charge is 2.16. The number of carbonyl (C=O) groups is 1. The second kappa shape index (κ2) is 10.1. The molecule has 174 valence electrons. The van der Waals surface area contributed by atoms with E-state index in [1.165, 1.54) is 43.8 Å². The number of fused-ring (bicyclic) bond motifs is 1. The molecule has 0 aliphatic rings. The van der Waals surface area contributed by atoms with Crippen molar-refractivity contribution in [1.82, 2.24) is 9.97 Å². The number of rotatable bonds is 8. The Bertz CT molecular complexity index is 1450. The molecule has 11 heteroatoms. The topological polar surface area (TPSA) is 120 Å². The average Bonchev–Trinajstić information content (AvgIpc) is 2.84. The van der Waals surface area contributed by atoms with Crippen LogP contribution in [0.3, 0.4) is 0 Å². The van der Waals surface area contributed by atoms with Crippen LogP contribution in [0, 0.1) is 0 Å². The van der Waals surface area contributed by atoms with E-state index in [0.29, 0.717) is 11.4 Å². The van der Waals surface area contributed by atoms with Crippen LogP contribution in [-0.2, 0) is 14.8 Å². The highest BCUT2D eigenvalue weighted by Crippen LogP contribution is 2.33. The van der Waals surface area contributed by atoms with Gasteiger partial charge in [-0.2, -0.15) is 0 Å². The van der Waals surface area contributed by atoms with Crippen LogP contribution in [-0.4, -0.2) is 38.0 Å². The van der Waals surface area contributed by atoms with Gasteiger partial charge < -0.3 is 14.8 Å². The van der Waals surface area contributed by atoms with Crippen molar-refractivity contribution in [3.8, 4) is 11.6 Å². The molecule has 1 aromatic heterocycles. The molecule has 4 rings (SSSR count). The summed E-state index contributed by atoms with van der Waals surface area (Å²) in [5.74, 6) is 0.453. The molecule has 1 heterocycles. The minimum atomic E-state index is -3.89. The molecule has 0 unspecified atom stereocenters. The molecule has 0 radical (unpaired) electrons. The van der Waals surface area contributed by atoms with Crippen molar-refractivity contribution in [2.24, 2.45) is 0 Å². The lowest BCUT2D eigenvalue weighted by atomic mass is 10.1. The molecule has 0 saturated carbocycles. The monoisotopic (exact) mass is 542 g/mol. The number of hydrogen-bond acceptors (Lipinski definition) is 7. The van der Waals surface area contributed by atoms with Crippen molar-refractivity contribution < 1.29 is 22.7 Å². The average molecular weight is 543 g/mol. The predicted octanol–water partition coefficient (Wildman–Crippen LogP) is 4.22. The lowest BCUT2D eigenvalue weighted by molar-refractivity contribution is -0.118. The molecule has 3 aromatic carbocycles. The van der Waals surface area contributed by atoms with Crippen molar-refractivity contribution in [3.05, 3.63) is 77.5 Å². The standard InChI is InChI=1S/C23H19BrN4O5S/c1-32-22-12-20(25-14-26-22)28-34(30,31)17-9-7-16(8-10-17)27-21(29)13-33-19-11-6-15-4-2-3-5-18(15)23(19)24/h2-12,14H,13H2,1H3,(H,27,29)(H,25,26,28). The summed E-state index contributed by atoms with van der Waals surface area (Å²) in [5, 5.41) is 4.71. The van der Waals surface area contributed by atoms with Crippen molar-refractivity contribution in [2.75, 3.05) is 23.8 Å². The molecule has 0 saturated heterocycles. The van der Waals surface area contributed by atoms with Gasteiger partial charge in [0, 0.05) is 11.8 Å². The minimum Gasteiger partial charge on any atom is -0.483 e. The van der Waals surface area contributed by atoms with Crippen LogP contribution in [0.2, 0.25) is 0 Å². The third-order valence-corrected chi connectivity index (χ3v) is 6.91. The van der Waals surface area contributed by atoms with Crippen molar-refractivity contribution in [1.29, 1.82) is 0 Å². The second-order valence-corrected chi connectivity index (χ2v) is 9.49. The molecule has 0 atom stereocenters. The SMILES string of the molecule is COc1cc(NS(=O)(=O)c2ccc(NC(=O)COc3ccc4ccccc4c3Br)cc2)ncn1. The number of ether oxygens (including phenoxy) is 2. The fraction of sp³-hybridized carbons (Fsp3) is 0.0870. The molecule has 34 heavy (non-hydrogen) atoms. The van der Waals surface area contributed by atoms with E-state index < -0.39 is 10.0 Å². The number of sulfonamides is 1. The summed E-state index contributed by atoms with van der Waals surface area (Å²) >= 11 is 3.52. The highest BCUT2D eigenvalue weighted by molar-refractivity contribution is 9.10. The highest BCUT2D eigenvalue weighted by atomic mass is 79.9. The van der Waals surface area contributed by atoms with E-state index >= 15 is 0 Å². The number of anilines is 2. The largest absolute Gasteiger partial charge is 0.483 e. The predicted molar refractivity (Wildman–Crippen MR) is 132 cm³/mol. The molecule has 1 amide bonds. The van der Waals surface area contributed by atoms with Crippen LogP contribution in [0.1, 0.15) is 0 Å². The number of nitrogens with one attached hydrogen (secondary N) is 2. The van der Waals surface area contributed by atoms with Gasteiger partial charge in [-0.3, -0.25) is 9.52 Å². The van der Waals surface area contributed by atoms with Gasteiger partial charge in [0.15, 0.2) is 6.61 Å². The van der Waals surface area contributed by atoms with Gasteiger partial charge in [-0.25, -0.2) is 18.4 Å². The number of aromatic nitrogens is 2. The van der Waals surface area contributed by atoms with Gasteiger partial charge in [-0.1, -0.05) is 30.3 Å². The Morgan fingerprint density at radius 1 is 1.03 bits per heavy atom. The number of nitrogens with zero attached hydrogens (tertiary/aromatic N) is 2. The summed E-state index contributed by atoms with van der Waals surface area (Å²) in [7, 11) is -2.47. The first-order valence-corrected chi connectivity index (χ1v) is 12.2. The molecule has 0 bridgehead atoms. The van der Waals surface area contributed by atoms with Crippen LogP contribution in [0.4, 0.5) is 11.5 Å². The molecule has 4 aromatic rings. The maximum Gasteiger partial charge on any atom is 0.263 e. The van der Waals surface area contributed by atoms with E-state index in [9.17, 15) is 13.2 Å². The summed E-state index contributed by atoms with van der Waals surface area (Å²) in [6, 6.07) is 18.6. The first-order valence-electron chi connectivity index (χ1n) is 9.94. The Labute approximate surface area is 204 Å². The second-order valence-electron chi connectivity index (χ2n) is 7.01. The van der Waals surface area contributed by atoms with E-state index in [4.69, 9.17) is 9.47 Å². The summed E-state index contributed by atoms with van der Waals surface area (Å²) in [5.41, 5.74) is 0.425. The van der Waals surface area contributed by atoms with Crippen LogP contribution in [0.15, 0.2) is 82.4 Å². The molecular weight excluding hydrogens is 524 g/mol. The van der Waals surface area contributed by atoms with Gasteiger partial charge in [0.1, 0.15) is 17.9 Å². The molecule has 0 spiro atoms. The van der Waals surface area contributed by atoms with Crippen LogP contribution in [0.5, 0.6) is 11.6 Å². The molecule has 0 aliphatic heterocycles. The van der Waals surface area contributed by atoms with Gasteiger partial charge in [0.05, 0.1) is 16.5 Å². The minimum absolute atomic E-state index is 0.000535. The first-order chi connectivity index (χ1) is 16.4. The van der Waals surface area contributed by atoms with E-state index in [1.54, 1.807) is 6.07 Å². The summed E-state index contributed by atoms with van der Waals surface area (Å²) in [6.07, 6.45) is 1.19. The van der Waals surface area contributed by atoms with Gasteiger partial charge in [0.2, 0.25) is 5.88 Å². The van der Waals surface area contributed by atoms with Gasteiger partial charge in [-0.05, 0) is 57.0 Å². The third kappa shape index (κ3) is 5.43. The number of carbonyl (C=O) groups excluding carboxylic acids is 1. The summed E-state index contributed by atoms with van der Waals surface area (Å²) in [4.78, 5) is 20.0.